The lowest BCUT2D eigenvalue weighted by molar-refractivity contribution is 0.322. The van der Waals surface area contributed by atoms with Crippen molar-refractivity contribution in [2.45, 2.75) is 46.1 Å². The number of nitrogens with one attached hydrogen (secondary N) is 1. The smallest absolute Gasteiger partial charge is 0.0366 e. The van der Waals surface area contributed by atoms with Crippen LogP contribution in [0.4, 0.5) is 5.69 Å². The van der Waals surface area contributed by atoms with Gasteiger partial charge in [0, 0.05) is 24.8 Å². The molecule has 2 unspecified atom stereocenters. The van der Waals surface area contributed by atoms with Gasteiger partial charge in [-0.3, -0.25) is 0 Å². The Morgan fingerprint density at radius 3 is 2.53 bits per heavy atom. The summed E-state index contributed by atoms with van der Waals surface area (Å²) in [7, 11) is 0. The Balaban J connectivity index is 1.93. The minimum Gasteiger partial charge on any atom is -0.371 e. The fraction of sp³-hybridized carbons (Fsp3) is 0.647. The van der Waals surface area contributed by atoms with Gasteiger partial charge >= 0.3 is 0 Å². The summed E-state index contributed by atoms with van der Waals surface area (Å²) in [5.41, 5.74) is 2.81. The Bertz CT molecular complexity index is 371. The second-order valence-corrected chi connectivity index (χ2v) is 5.79. The largest absolute Gasteiger partial charge is 0.371 e. The third-order valence-electron chi connectivity index (χ3n) is 4.27. The van der Waals surface area contributed by atoms with Gasteiger partial charge in [0.1, 0.15) is 0 Å². The molecular weight excluding hydrogens is 232 g/mol. The van der Waals surface area contributed by atoms with Crippen molar-refractivity contribution in [1.29, 1.82) is 0 Å². The van der Waals surface area contributed by atoms with Crippen LogP contribution in [0, 0.1) is 5.92 Å². The van der Waals surface area contributed by atoms with E-state index >= 15 is 0 Å². The van der Waals surface area contributed by atoms with E-state index in [2.05, 4.69) is 55.3 Å². The standard InChI is InChI=1S/C17H28N2/c1-4-11-18-17-10-12-19(13-14(17)3)16-8-6-15(5-2)7-9-16/h6-9,14,17-18H,4-5,10-13H2,1-3H3. The van der Waals surface area contributed by atoms with Crippen molar-refractivity contribution in [3.63, 3.8) is 0 Å². The Kier molecular flexibility index (Phi) is 5.26. The molecule has 1 saturated heterocycles. The Morgan fingerprint density at radius 2 is 1.95 bits per heavy atom. The highest BCUT2D eigenvalue weighted by molar-refractivity contribution is 5.48. The van der Waals surface area contributed by atoms with Gasteiger partial charge in [0.25, 0.3) is 0 Å². The second-order valence-electron chi connectivity index (χ2n) is 5.79. The fourth-order valence-electron chi connectivity index (χ4n) is 2.96. The lowest BCUT2D eigenvalue weighted by Crippen LogP contribution is -2.48. The second kappa shape index (κ2) is 6.95. The Labute approximate surface area is 118 Å². The van der Waals surface area contributed by atoms with Crippen LogP contribution in [0.5, 0.6) is 0 Å². The van der Waals surface area contributed by atoms with E-state index in [1.165, 1.54) is 37.2 Å². The first-order valence-corrected chi connectivity index (χ1v) is 7.81. The van der Waals surface area contributed by atoms with Crippen molar-refractivity contribution in [1.82, 2.24) is 5.32 Å². The number of aryl methyl sites for hydroxylation is 1. The zero-order valence-electron chi connectivity index (χ0n) is 12.7. The molecule has 1 aromatic carbocycles. The van der Waals surface area contributed by atoms with E-state index in [0.717, 1.165) is 18.9 Å². The van der Waals surface area contributed by atoms with E-state index in [1.807, 2.05) is 0 Å². The van der Waals surface area contributed by atoms with Crippen molar-refractivity contribution in [2.75, 3.05) is 24.5 Å². The summed E-state index contributed by atoms with van der Waals surface area (Å²) >= 11 is 0. The van der Waals surface area contributed by atoms with Crippen LogP contribution in [-0.2, 0) is 6.42 Å². The molecule has 1 aliphatic rings. The molecule has 0 saturated carbocycles. The molecule has 0 radical (unpaired) electrons. The molecule has 1 aromatic rings. The summed E-state index contributed by atoms with van der Waals surface area (Å²) < 4.78 is 0. The van der Waals surface area contributed by atoms with Crippen LogP contribution in [0.25, 0.3) is 0 Å². The third-order valence-corrected chi connectivity index (χ3v) is 4.27. The SMILES string of the molecule is CCCNC1CCN(c2ccc(CC)cc2)CC1C. The van der Waals surface area contributed by atoms with Crippen LogP contribution >= 0.6 is 0 Å². The van der Waals surface area contributed by atoms with Gasteiger partial charge in [-0.25, -0.2) is 0 Å². The van der Waals surface area contributed by atoms with Crippen LogP contribution in [0.2, 0.25) is 0 Å². The topological polar surface area (TPSA) is 15.3 Å². The highest BCUT2D eigenvalue weighted by atomic mass is 15.2. The van der Waals surface area contributed by atoms with Gasteiger partial charge in [-0.05, 0) is 49.4 Å². The van der Waals surface area contributed by atoms with Crippen molar-refractivity contribution in [2.24, 2.45) is 5.92 Å². The molecule has 1 aliphatic heterocycles. The zero-order chi connectivity index (χ0) is 13.7. The van der Waals surface area contributed by atoms with E-state index < -0.39 is 0 Å². The summed E-state index contributed by atoms with van der Waals surface area (Å²) in [6.45, 7) is 10.3. The van der Waals surface area contributed by atoms with Gasteiger partial charge in [-0.2, -0.15) is 0 Å². The van der Waals surface area contributed by atoms with E-state index in [1.54, 1.807) is 0 Å². The maximum atomic E-state index is 3.68. The summed E-state index contributed by atoms with van der Waals surface area (Å²) in [6.07, 6.45) is 3.61. The molecule has 1 fully saturated rings. The quantitative estimate of drug-likeness (QED) is 0.872. The molecule has 2 heteroatoms. The monoisotopic (exact) mass is 260 g/mol. The summed E-state index contributed by atoms with van der Waals surface area (Å²) in [4.78, 5) is 2.54. The van der Waals surface area contributed by atoms with Crippen molar-refractivity contribution in [3.8, 4) is 0 Å². The molecule has 2 rings (SSSR count). The molecule has 2 atom stereocenters. The number of benzene rings is 1. The predicted octanol–water partition coefficient (Wildman–Crippen LogP) is 3.46. The maximum Gasteiger partial charge on any atom is 0.0366 e. The number of piperidine rings is 1. The highest BCUT2D eigenvalue weighted by Gasteiger charge is 2.25. The molecule has 0 amide bonds. The van der Waals surface area contributed by atoms with Gasteiger partial charge in [-0.15, -0.1) is 0 Å². The van der Waals surface area contributed by atoms with Crippen LogP contribution in [0.3, 0.4) is 0 Å². The summed E-state index contributed by atoms with van der Waals surface area (Å²) in [5, 5.41) is 3.68. The maximum absolute atomic E-state index is 3.68. The molecule has 0 bridgehead atoms. The lowest BCUT2D eigenvalue weighted by atomic mass is 9.93. The molecule has 0 aromatic heterocycles. The minimum absolute atomic E-state index is 0.700. The van der Waals surface area contributed by atoms with Gasteiger partial charge in [0.05, 0.1) is 0 Å². The lowest BCUT2D eigenvalue weighted by Gasteiger charge is -2.38. The summed E-state index contributed by atoms with van der Waals surface area (Å²) in [6, 6.07) is 9.80. The van der Waals surface area contributed by atoms with Gasteiger partial charge in [0.2, 0.25) is 0 Å². The van der Waals surface area contributed by atoms with Gasteiger partial charge in [-0.1, -0.05) is 32.9 Å². The van der Waals surface area contributed by atoms with E-state index in [9.17, 15) is 0 Å². The third kappa shape index (κ3) is 3.73. The predicted molar refractivity (Wildman–Crippen MR) is 83.9 cm³/mol. The van der Waals surface area contributed by atoms with E-state index in [-0.39, 0.29) is 0 Å². The zero-order valence-corrected chi connectivity index (χ0v) is 12.7. The number of hydrogen-bond acceptors (Lipinski definition) is 2. The number of rotatable bonds is 5. The average molecular weight is 260 g/mol. The Morgan fingerprint density at radius 1 is 1.21 bits per heavy atom. The summed E-state index contributed by atoms with van der Waals surface area (Å²) in [5.74, 6) is 0.728. The normalized spacial score (nSPS) is 23.6. The molecule has 2 nitrogen and oxygen atoms in total. The molecule has 0 aliphatic carbocycles. The van der Waals surface area contributed by atoms with E-state index in [4.69, 9.17) is 0 Å². The van der Waals surface area contributed by atoms with Crippen LogP contribution in [0.15, 0.2) is 24.3 Å². The fourth-order valence-corrected chi connectivity index (χ4v) is 2.96. The van der Waals surface area contributed by atoms with Gasteiger partial charge < -0.3 is 10.2 Å². The molecule has 106 valence electrons. The van der Waals surface area contributed by atoms with Crippen LogP contribution in [-0.4, -0.2) is 25.7 Å². The first-order valence-electron chi connectivity index (χ1n) is 7.81. The van der Waals surface area contributed by atoms with E-state index in [0.29, 0.717) is 6.04 Å². The molecule has 19 heavy (non-hydrogen) atoms. The first-order chi connectivity index (χ1) is 9.24. The van der Waals surface area contributed by atoms with Crippen LogP contribution in [0.1, 0.15) is 39.2 Å². The number of anilines is 1. The molecule has 0 spiro atoms. The first kappa shape index (κ1) is 14.4. The molecule has 1 heterocycles. The number of hydrogen-bond donors (Lipinski definition) is 1. The van der Waals surface area contributed by atoms with Crippen molar-refractivity contribution >= 4 is 5.69 Å². The van der Waals surface area contributed by atoms with Gasteiger partial charge in [0.15, 0.2) is 0 Å². The highest BCUT2D eigenvalue weighted by Crippen LogP contribution is 2.23. The molecular formula is C17H28N2. The van der Waals surface area contributed by atoms with Crippen molar-refractivity contribution in [3.05, 3.63) is 29.8 Å². The van der Waals surface area contributed by atoms with Crippen LogP contribution < -0.4 is 10.2 Å². The average Bonchev–Trinajstić information content (AvgIpc) is 2.46. The number of nitrogens with zero attached hydrogens (tertiary/aromatic N) is 1. The van der Waals surface area contributed by atoms with Crippen molar-refractivity contribution < 1.29 is 0 Å². The molecule has 1 N–H and O–H groups in total. The minimum atomic E-state index is 0.700. The Hall–Kier alpha value is -1.02.